The van der Waals surface area contributed by atoms with Crippen LogP contribution in [0.4, 0.5) is 0 Å². The van der Waals surface area contributed by atoms with Gasteiger partial charge in [0.05, 0.1) is 5.54 Å². The van der Waals surface area contributed by atoms with Crippen molar-refractivity contribution in [3.8, 4) is 0 Å². The zero-order valence-electron chi connectivity index (χ0n) is 8.14. The second-order valence-corrected chi connectivity index (χ2v) is 4.34. The molecular formula is C10H18N2. The van der Waals surface area contributed by atoms with Crippen molar-refractivity contribution in [3.63, 3.8) is 0 Å². The number of rotatable bonds is 0. The molecule has 2 saturated heterocycles. The maximum atomic E-state index is 4.09. The van der Waals surface area contributed by atoms with E-state index in [2.05, 4.69) is 30.5 Å². The average molecular weight is 166 g/mol. The van der Waals surface area contributed by atoms with Crippen molar-refractivity contribution in [2.45, 2.75) is 24.8 Å². The third-order valence-corrected chi connectivity index (χ3v) is 3.59. The van der Waals surface area contributed by atoms with Gasteiger partial charge in [-0.3, -0.25) is 0 Å². The number of nitrogens with zero attached hydrogens (tertiary/aromatic N) is 2. The van der Waals surface area contributed by atoms with Crippen LogP contribution in [0.25, 0.3) is 0 Å². The van der Waals surface area contributed by atoms with Gasteiger partial charge in [0.2, 0.25) is 0 Å². The summed E-state index contributed by atoms with van der Waals surface area (Å²) in [6.07, 6.45) is 3.83. The molecule has 0 aliphatic carbocycles. The van der Waals surface area contributed by atoms with Gasteiger partial charge in [0.15, 0.2) is 0 Å². The zero-order valence-corrected chi connectivity index (χ0v) is 8.14. The van der Waals surface area contributed by atoms with Crippen molar-refractivity contribution in [1.82, 2.24) is 9.80 Å². The largest absolute Gasteiger partial charge is 0.371 e. The van der Waals surface area contributed by atoms with Crippen LogP contribution in [0.2, 0.25) is 0 Å². The molecule has 2 nitrogen and oxygen atoms in total. The molecule has 0 radical (unpaired) electrons. The zero-order chi connectivity index (χ0) is 8.77. The molecule has 2 aliphatic heterocycles. The Labute approximate surface area is 74.8 Å². The van der Waals surface area contributed by atoms with Gasteiger partial charge < -0.3 is 9.80 Å². The first kappa shape index (κ1) is 8.11. The molecule has 2 fully saturated rings. The van der Waals surface area contributed by atoms with Crippen LogP contribution in [0.1, 0.15) is 19.3 Å². The maximum Gasteiger partial charge on any atom is 0.0538 e. The van der Waals surface area contributed by atoms with Crippen LogP contribution >= 0.6 is 0 Å². The lowest BCUT2D eigenvalue weighted by molar-refractivity contribution is 0.204. The van der Waals surface area contributed by atoms with E-state index in [1.807, 2.05) is 0 Å². The van der Waals surface area contributed by atoms with Crippen LogP contribution in [-0.2, 0) is 0 Å². The highest BCUT2D eigenvalue weighted by atomic mass is 15.3. The fourth-order valence-electron chi connectivity index (χ4n) is 2.59. The van der Waals surface area contributed by atoms with E-state index in [0.717, 1.165) is 0 Å². The third-order valence-electron chi connectivity index (χ3n) is 3.59. The van der Waals surface area contributed by atoms with Crippen LogP contribution < -0.4 is 0 Å². The van der Waals surface area contributed by atoms with E-state index in [1.165, 1.54) is 38.0 Å². The van der Waals surface area contributed by atoms with Gasteiger partial charge in [-0.2, -0.15) is 0 Å². The summed E-state index contributed by atoms with van der Waals surface area (Å²) in [6, 6.07) is 0. The molecule has 0 bridgehead atoms. The topological polar surface area (TPSA) is 6.48 Å². The molecule has 1 spiro atoms. The Bertz CT molecular complexity index is 212. The van der Waals surface area contributed by atoms with Crippen molar-refractivity contribution in [3.05, 3.63) is 12.3 Å². The minimum Gasteiger partial charge on any atom is -0.371 e. The van der Waals surface area contributed by atoms with Gasteiger partial charge in [-0.1, -0.05) is 6.58 Å². The van der Waals surface area contributed by atoms with Gasteiger partial charge in [-0.05, 0) is 26.3 Å². The summed E-state index contributed by atoms with van der Waals surface area (Å²) in [5.74, 6) is 0. The standard InChI is InChI=1S/C10H18N2/c1-9-4-5-10(12(9)3)6-7-11(2)8-10/h1,4-8H2,2-3H3/t10-/m0/s1. The molecule has 0 aromatic carbocycles. The monoisotopic (exact) mass is 166 g/mol. The first-order valence-corrected chi connectivity index (χ1v) is 4.74. The highest BCUT2D eigenvalue weighted by molar-refractivity contribution is 5.13. The van der Waals surface area contributed by atoms with Crippen molar-refractivity contribution in [1.29, 1.82) is 0 Å². The van der Waals surface area contributed by atoms with E-state index in [-0.39, 0.29) is 0 Å². The minimum atomic E-state index is 0.450. The minimum absolute atomic E-state index is 0.450. The van der Waals surface area contributed by atoms with E-state index in [4.69, 9.17) is 0 Å². The number of likely N-dealkylation sites (tertiary alicyclic amines) is 2. The predicted molar refractivity (Wildman–Crippen MR) is 51.0 cm³/mol. The van der Waals surface area contributed by atoms with Gasteiger partial charge in [0.1, 0.15) is 0 Å². The fourth-order valence-corrected chi connectivity index (χ4v) is 2.59. The highest BCUT2D eigenvalue weighted by Gasteiger charge is 2.44. The van der Waals surface area contributed by atoms with Crippen LogP contribution in [-0.4, -0.2) is 42.5 Å². The molecular weight excluding hydrogens is 148 g/mol. The van der Waals surface area contributed by atoms with Crippen LogP contribution in [0.15, 0.2) is 12.3 Å². The Morgan fingerprint density at radius 2 is 2.08 bits per heavy atom. The molecule has 2 heteroatoms. The predicted octanol–water partition coefficient (Wildman–Crippen LogP) is 1.30. The maximum absolute atomic E-state index is 4.09. The molecule has 0 unspecified atom stereocenters. The smallest absolute Gasteiger partial charge is 0.0538 e. The number of hydrogen-bond donors (Lipinski definition) is 0. The van der Waals surface area contributed by atoms with Crippen LogP contribution in [0.3, 0.4) is 0 Å². The molecule has 0 saturated carbocycles. The van der Waals surface area contributed by atoms with E-state index < -0.39 is 0 Å². The first-order chi connectivity index (χ1) is 5.64. The fraction of sp³-hybridized carbons (Fsp3) is 0.800. The molecule has 68 valence electrons. The molecule has 0 aromatic rings. The van der Waals surface area contributed by atoms with E-state index >= 15 is 0 Å². The molecule has 2 rings (SSSR count). The molecule has 1 atom stereocenters. The molecule has 0 N–H and O–H groups in total. The summed E-state index contributed by atoms with van der Waals surface area (Å²) in [6.45, 7) is 6.56. The quantitative estimate of drug-likeness (QED) is 0.535. The molecule has 2 aliphatic rings. The van der Waals surface area contributed by atoms with Gasteiger partial charge in [-0.15, -0.1) is 0 Å². The Kier molecular flexibility index (Phi) is 1.69. The SMILES string of the molecule is C=C1CC[C@@]2(CCN(C)C2)N1C. The summed E-state index contributed by atoms with van der Waals surface area (Å²) < 4.78 is 0. The Hall–Kier alpha value is -0.500. The summed E-state index contributed by atoms with van der Waals surface area (Å²) in [7, 11) is 4.41. The number of hydrogen-bond acceptors (Lipinski definition) is 2. The van der Waals surface area contributed by atoms with Crippen molar-refractivity contribution >= 4 is 0 Å². The van der Waals surface area contributed by atoms with Gasteiger partial charge in [-0.25, -0.2) is 0 Å². The van der Waals surface area contributed by atoms with Crippen LogP contribution in [0, 0.1) is 0 Å². The molecule has 12 heavy (non-hydrogen) atoms. The van der Waals surface area contributed by atoms with Crippen molar-refractivity contribution < 1.29 is 0 Å². The highest BCUT2D eigenvalue weighted by Crippen LogP contribution is 2.40. The van der Waals surface area contributed by atoms with Crippen LogP contribution in [0.5, 0.6) is 0 Å². The average Bonchev–Trinajstić information content (AvgIpc) is 2.53. The van der Waals surface area contributed by atoms with E-state index in [0.29, 0.717) is 5.54 Å². The molecule has 0 amide bonds. The third kappa shape index (κ3) is 0.977. The van der Waals surface area contributed by atoms with E-state index in [9.17, 15) is 0 Å². The first-order valence-electron chi connectivity index (χ1n) is 4.74. The summed E-state index contributed by atoms with van der Waals surface area (Å²) >= 11 is 0. The second kappa shape index (κ2) is 2.49. The lowest BCUT2D eigenvalue weighted by atomic mass is 9.96. The number of allylic oxidation sites excluding steroid dienone is 1. The summed E-state index contributed by atoms with van der Waals surface area (Å²) in [5.41, 5.74) is 1.77. The summed E-state index contributed by atoms with van der Waals surface area (Å²) in [5, 5.41) is 0. The van der Waals surface area contributed by atoms with Crippen molar-refractivity contribution in [2.24, 2.45) is 0 Å². The van der Waals surface area contributed by atoms with E-state index in [1.54, 1.807) is 0 Å². The van der Waals surface area contributed by atoms with Gasteiger partial charge in [0, 0.05) is 25.8 Å². The Morgan fingerprint density at radius 3 is 2.50 bits per heavy atom. The Morgan fingerprint density at radius 1 is 1.33 bits per heavy atom. The lowest BCUT2D eigenvalue weighted by Gasteiger charge is -2.33. The Balaban J connectivity index is 2.17. The molecule has 0 aromatic heterocycles. The number of likely N-dealkylation sites (N-methyl/N-ethyl adjacent to an activating group) is 2. The second-order valence-electron chi connectivity index (χ2n) is 4.34. The van der Waals surface area contributed by atoms with Gasteiger partial charge >= 0.3 is 0 Å². The lowest BCUT2D eigenvalue weighted by Crippen LogP contribution is -2.42. The van der Waals surface area contributed by atoms with Crippen molar-refractivity contribution in [2.75, 3.05) is 27.2 Å². The molecule has 2 heterocycles. The van der Waals surface area contributed by atoms with Gasteiger partial charge in [0.25, 0.3) is 0 Å². The summed E-state index contributed by atoms with van der Waals surface area (Å²) in [4.78, 5) is 4.84. The normalized spacial score (nSPS) is 37.2.